The number of anilines is 9. The summed E-state index contributed by atoms with van der Waals surface area (Å²) in [4.78, 5) is 6.25. The Balaban J connectivity index is 1.35. The molecule has 8 aromatic carbocycles. The Bertz CT molecular complexity index is 2610. The SMILES string of the molecule is Fc1ccc(N2c3ccc(F)cc3B3c4cc(F)ccc4N(c4ccc(F)cc4)c4cc(N(c5ccccc5)c5cccc6ccccc56)cc2c43)cc1. The number of fused-ring (bicyclic) bond motifs is 5. The summed E-state index contributed by atoms with van der Waals surface area (Å²) in [7, 11) is 0. The number of hydrogen-bond donors (Lipinski definition) is 0. The first-order valence-corrected chi connectivity index (χ1v) is 17.6. The number of rotatable bonds is 5. The highest BCUT2D eigenvalue weighted by molar-refractivity contribution is 7.00. The van der Waals surface area contributed by atoms with E-state index >= 15 is 8.78 Å². The Hall–Kier alpha value is -6.80. The predicted octanol–water partition coefficient (Wildman–Crippen LogP) is 10.9. The smallest absolute Gasteiger partial charge is 0.252 e. The standard InChI is InChI=1S/C46H28BF4N3/c48-30-13-19-35(20-14-30)53-42-23-17-32(50)25-39(42)47-40-26-33(51)18-24-43(40)54(36-21-15-31(49)16-22-36)45-28-37(27-44(53)46(45)47)52(34-9-2-1-3-10-34)41-12-6-8-29-7-4-5-11-38(29)41/h1-28H. The molecule has 0 saturated carbocycles. The topological polar surface area (TPSA) is 9.72 Å². The van der Waals surface area contributed by atoms with Crippen molar-refractivity contribution < 1.29 is 17.6 Å². The molecular formula is C46H28BF4N3. The third kappa shape index (κ3) is 5.05. The van der Waals surface area contributed by atoms with Crippen LogP contribution in [0.25, 0.3) is 10.8 Å². The summed E-state index contributed by atoms with van der Waals surface area (Å²) in [6.45, 7) is -0.573. The maximum atomic E-state index is 15.4. The van der Waals surface area contributed by atoms with E-state index in [2.05, 4.69) is 53.4 Å². The van der Waals surface area contributed by atoms with Crippen LogP contribution in [0.1, 0.15) is 0 Å². The van der Waals surface area contributed by atoms with E-state index in [4.69, 9.17) is 0 Å². The lowest BCUT2D eigenvalue weighted by Gasteiger charge is -2.45. The number of benzene rings is 8. The molecule has 0 bridgehead atoms. The van der Waals surface area contributed by atoms with Crippen LogP contribution in [0.3, 0.4) is 0 Å². The van der Waals surface area contributed by atoms with E-state index in [1.54, 1.807) is 36.4 Å². The third-order valence-electron chi connectivity index (χ3n) is 10.4. The van der Waals surface area contributed by atoms with Gasteiger partial charge in [0, 0.05) is 45.2 Å². The minimum Gasteiger partial charge on any atom is -0.311 e. The number of hydrogen-bond acceptors (Lipinski definition) is 3. The zero-order valence-corrected chi connectivity index (χ0v) is 28.6. The van der Waals surface area contributed by atoms with Crippen molar-refractivity contribution in [2.45, 2.75) is 0 Å². The van der Waals surface area contributed by atoms with Crippen LogP contribution in [0.2, 0.25) is 0 Å². The van der Waals surface area contributed by atoms with Gasteiger partial charge >= 0.3 is 0 Å². The molecule has 10 rings (SSSR count). The monoisotopic (exact) mass is 709 g/mol. The molecule has 0 amide bonds. The molecule has 0 spiro atoms. The van der Waals surface area contributed by atoms with Gasteiger partial charge in [-0.05, 0) is 137 Å². The molecule has 0 atom stereocenters. The molecule has 8 heteroatoms. The molecule has 8 aromatic rings. The second-order valence-electron chi connectivity index (χ2n) is 13.5. The second-order valence-corrected chi connectivity index (χ2v) is 13.5. The number of nitrogens with zero attached hydrogens (tertiary/aromatic N) is 3. The Morgan fingerprint density at radius 3 is 1.48 bits per heavy atom. The van der Waals surface area contributed by atoms with Crippen molar-refractivity contribution in [3.8, 4) is 0 Å². The van der Waals surface area contributed by atoms with Crippen LogP contribution < -0.4 is 31.1 Å². The minimum atomic E-state index is -0.573. The lowest BCUT2D eigenvalue weighted by Crippen LogP contribution is -2.61. The molecule has 0 aliphatic carbocycles. The molecular weight excluding hydrogens is 681 g/mol. The van der Waals surface area contributed by atoms with Gasteiger partial charge in [0.05, 0.1) is 11.4 Å². The van der Waals surface area contributed by atoms with Crippen molar-refractivity contribution in [2.75, 3.05) is 14.7 Å². The fourth-order valence-electron chi connectivity index (χ4n) is 8.21. The average Bonchev–Trinajstić information content (AvgIpc) is 3.19. The first-order chi connectivity index (χ1) is 26.4. The highest BCUT2D eigenvalue weighted by Crippen LogP contribution is 2.48. The van der Waals surface area contributed by atoms with Gasteiger partial charge in [0.25, 0.3) is 6.71 Å². The van der Waals surface area contributed by atoms with Gasteiger partial charge in [0.15, 0.2) is 0 Å². The maximum Gasteiger partial charge on any atom is 0.252 e. The average molecular weight is 710 g/mol. The molecule has 2 aliphatic heterocycles. The molecule has 0 fully saturated rings. The largest absolute Gasteiger partial charge is 0.311 e. The fourth-order valence-corrected chi connectivity index (χ4v) is 8.21. The van der Waals surface area contributed by atoms with E-state index in [9.17, 15) is 8.78 Å². The lowest BCUT2D eigenvalue weighted by atomic mass is 9.33. The van der Waals surface area contributed by atoms with Crippen molar-refractivity contribution in [2.24, 2.45) is 0 Å². The summed E-state index contributed by atoms with van der Waals surface area (Å²) in [5.74, 6) is -1.64. The normalized spacial score (nSPS) is 12.7. The number of halogens is 4. The Morgan fingerprint density at radius 1 is 0.407 bits per heavy atom. The van der Waals surface area contributed by atoms with Gasteiger partial charge in [-0.2, -0.15) is 0 Å². The fraction of sp³-hybridized carbons (Fsp3) is 0. The Kier molecular flexibility index (Phi) is 7.33. The zero-order valence-electron chi connectivity index (χ0n) is 28.6. The van der Waals surface area contributed by atoms with Gasteiger partial charge in [0.2, 0.25) is 0 Å². The summed E-state index contributed by atoms with van der Waals surface area (Å²) in [5.41, 5.74) is 8.94. The van der Waals surface area contributed by atoms with E-state index in [1.807, 2.05) is 46.2 Å². The van der Waals surface area contributed by atoms with Crippen molar-refractivity contribution in [1.82, 2.24) is 0 Å². The second kappa shape index (κ2) is 12.4. The molecule has 0 radical (unpaired) electrons. The quantitative estimate of drug-likeness (QED) is 0.130. The van der Waals surface area contributed by atoms with Crippen LogP contribution in [0, 0.1) is 23.3 Å². The highest BCUT2D eigenvalue weighted by Gasteiger charge is 2.44. The maximum absolute atomic E-state index is 15.4. The van der Waals surface area contributed by atoms with Crippen LogP contribution in [0.5, 0.6) is 0 Å². The van der Waals surface area contributed by atoms with Gasteiger partial charge in [-0.15, -0.1) is 0 Å². The van der Waals surface area contributed by atoms with Crippen LogP contribution in [-0.4, -0.2) is 6.71 Å². The highest BCUT2D eigenvalue weighted by atomic mass is 19.1. The van der Waals surface area contributed by atoms with Gasteiger partial charge < -0.3 is 14.7 Å². The zero-order chi connectivity index (χ0) is 36.5. The molecule has 0 aromatic heterocycles. The molecule has 3 nitrogen and oxygen atoms in total. The summed E-state index contributed by atoms with van der Waals surface area (Å²) in [6.07, 6.45) is 0. The van der Waals surface area contributed by atoms with Gasteiger partial charge in [-0.25, -0.2) is 17.6 Å². The van der Waals surface area contributed by atoms with Crippen LogP contribution in [0.4, 0.5) is 68.7 Å². The van der Waals surface area contributed by atoms with E-state index in [1.165, 1.54) is 48.5 Å². The van der Waals surface area contributed by atoms with Gasteiger partial charge in [-0.1, -0.05) is 54.6 Å². The van der Waals surface area contributed by atoms with Crippen molar-refractivity contribution in [1.29, 1.82) is 0 Å². The Morgan fingerprint density at radius 2 is 0.907 bits per heavy atom. The molecule has 2 aliphatic rings. The molecule has 0 unspecified atom stereocenters. The van der Waals surface area contributed by atoms with Crippen LogP contribution >= 0.6 is 0 Å². The van der Waals surface area contributed by atoms with E-state index in [-0.39, 0.29) is 11.6 Å². The Labute approximate surface area is 309 Å². The first kappa shape index (κ1) is 31.9. The third-order valence-corrected chi connectivity index (χ3v) is 10.4. The van der Waals surface area contributed by atoms with Gasteiger partial charge in [0.1, 0.15) is 23.3 Å². The summed E-state index contributed by atoms with van der Waals surface area (Å²) in [5, 5.41) is 2.11. The van der Waals surface area contributed by atoms with E-state index in [0.29, 0.717) is 33.7 Å². The van der Waals surface area contributed by atoms with Crippen LogP contribution in [-0.2, 0) is 0 Å². The molecule has 54 heavy (non-hydrogen) atoms. The van der Waals surface area contributed by atoms with Crippen molar-refractivity contribution in [3.63, 3.8) is 0 Å². The molecule has 0 N–H and O–H groups in total. The number of para-hydroxylation sites is 1. The van der Waals surface area contributed by atoms with Crippen LogP contribution in [0.15, 0.2) is 170 Å². The van der Waals surface area contributed by atoms with E-state index in [0.717, 1.165) is 44.7 Å². The summed E-state index contributed by atoms with van der Waals surface area (Å²) >= 11 is 0. The van der Waals surface area contributed by atoms with E-state index < -0.39 is 18.3 Å². The summed E-state index contributed by atoms with van der Waals surface area (Å²) < 4.78 is 59.8. The van der Waals surface area contributed by atoms with Crippen molar-refractivity contribution in [3.05, 3.63) is 193 Å². The lowest BCUT2D eigenvalue weighted by molar-refractivity contribution is 0.627. The molecule has 0 saturated heterocycles. The van der Waals surface area contributed by atoms with Gasteiger partial charge in [-0.3, -0.25) is 0 Å². The molecule has 258 valence electrons. The summed E-state index contributed by atoms with van der Waals surface area (Å²) in [6, 6.07) is 50.5. The predicted molar refractivity (Wildman–Crippen MR) is 212 cm³/mol. The molecule has 2 heterocycles. The first-order valence-electron chi connectivity index (χ1n) is 17.6. The van der Waals surface area contributed by atoms with Crippen molar-refractivity contribution >= 4 is 85.1 Å². The minimum absolute atomic E-state index is 0.387.